The van der Waals surface area contributed by atoms with Crippen LogP contribution in [-0.4, -0.2) is 20.7 Å². The molecule has 0 bridgehead atoms. The van der Waals surface area contributed by atoms with Crippen LogP contribution >= 0.6 is 11.6 Å². The zero-order valence-electron chi connectivity index (χ0n) is 13.9. The van der Waals surface area contributed by atoms with Crippen LogP contribution in [0, 0.1) is 17.1 Å². The molecule has 9 heteroatoms. The standard InChI is InChI=1S/C18H13ClFN5O2/c19-15-7-16(25-17(24-15)14(9-22-25)11-2-1-3-11)27-18(26)23-13-5-10(8-21)4-12(20)6-13/h4-7,9,11H,1-3H2,(H,23,26). The van der Waals surface area contributed by atoms with E-state index in [9.17, 15) is 9.18 Å². The largest absolute Gasteiger partial charge is 0.418 e. The monoisotopic (exact) mass is 385 g/mol. The third-order valence-corrected chi connectivity index (χ3v) is 4.64. The van der Waals surface area contributed by atoms with Crippen molar-refractivity contribution < 1.29 is 13.9 Å². The molecule has 1 aliphatic carbocycles. The number of rotatable bonds is 3. The average Bonchev–Trinajstić information content (AvgIpc) is 2.96. The highest BCUT2D eigenvalue weighted by atomic mass is 35.5. The second-order valence-electron chi connectivity index (χ2n) is 6.24. The molecular formula is C18H13ClFN5O2. The van der Waals surface area contributed by atoms with E-state index in [1.54, 1.807) is 6.20 Å². The van der Waals surface area contributed by atoms with Crippen LogP contribution in [0.25, 0.3) is 5.65 Å². The van der Waals surface area contributed by atoms with Gasteiger partial charge in [0.25, 0.3) is 0 Å². The summed E-state index contributed by atoms with van der Waals surface area (Å²) in [4.78, 5) is 16.5. The first-order chi connectivity index (χ1) is 13.0. The normalized spacial score (nSPS) is 13.8. The highest BCUT2D eigenvalue weighted by Crippen LogP contribution is 2.38. The van der Waals surface area contributed by atoms with Crippen molar-refractivity contribution in [2.75, 3.05) is 5.32 Å². The number of nitriles is 1. The summed E-state index contributed by atoms with van der Waals surface area (Å²) in [6, 6.07) is 6.67. The summed E-state index contributed by atoms with van der Waals surface area (Å²) in [5.74, 6) is -0.173. The van der Waals surface area contributed by atoms with Gasteiger partial charge in [0.15, 0.2) is 5.65 Å². The molecule has 1 N–H and O–H groups in total. The first-order valence-corrected chi connectivity index (χ1v) is 8.65. The average molecular weight is 386 g/mol. The van der Waals surface area contributed by atoms with Crippen LogP contribution in [-0.2, 0) is 0 Å². The van der Waals surface area contributed by atoms with E-state index in [1.807, 2.05) is 6.07 Å². The van der Waals surface area contributed by atoms with Gasteiger partial charge in [-0.25, -0.2) is 14.2 Å². The highest BCUT2D eigenvalue weighted by Gasteiger charge is 2.25. The lowest BCUT2D eigenvalue weighted by Crippen LogP contribution is -2.19. The second kappa shape index (κ2) is 6.85. The topological polar surface area (TPSA) is 92.3 Å². The lowest BCUT2D eigenvalue weighted by molar-refractivity contribution is 0.212. The van der Waals surface area contributed by atoms with Crippen molar-refractivity contribution in [3.8, 4) is 11.9 Å². The number of benzene rings is 1. The zero-order valence-corrected chi connectivity index (χ0v) is 14.7. The van der Waals surface area contributed by atoms with E-state index < -0.39 is 11.9 Å². The smallest absolute Gasteiger partial charge is 0.391 e. The fraction of sp³-hybridized carbons (Fsp3) is 0.222. The predicted molar refractivity (Wildman–Crippen MR) is 95.4 cm³/mol. The maximum Gasteiger partial charge on any atom is 0.418 e. The molecule has 136 valence electrons. The van der Waals surface area contributed by atoms with Crippen LogP contribution in [0.2, 0.25) is 5.15 Å². The number of nitrogens with zero attached hydrogens (tertiary/aromatic N) is 4. The number of nitrogens with one attached hydrogen (secondary N) is 1. The molecule has 1 saturated carbocycles. The summed E-state index contributed by atoms with van der Waals surface area (Å²) in [5.41, 5.74) is 1.70. The summed E-state index contributed by atoms with van der Waals surface area (Å²) < 4.78 is 20.2. The van der Waals surface area contributed by atoms with Gasteiger partial charge >= 0.3 is 6.09 Å². The number of anilines is 1. The molecule has 27 heavy (non-hydrogen) atoms. The van der Waals surface area contributed by atoms with Crippen LogP contribution in [0.4, 0.5) is 14.9 Å². The molecule has 1 amide bonds. The molecule has 4 rings (SSSR count). The SMILES string of the molecule is N#Cc1cc(F)cc(NC(=O)Oc2cc(Cl)nc3c(C4CCC4)cnn23)c1. The Morgan fingerprint density at radius 3 is 2.89 bits per heavy atom. The summed E-state index contributed by atoms with van der Waals surface area (Å²) in [7, 11) is 0. The van der Waals surface area contributed by atoms with E-state index in [0.29, 0.717) is 11.6 Å². The molecule has 0 radical (unpaired) electrons. The van der Waals surface area contributed by atoms with E-state index in [4.69, 9.17) is 21.6 Å². The fourth-order valence-electron chi connectivity index (χ4n) is 2.97. The number of ether oxygens (including phenoxy) is 1. The molecule has 1 fully saturated rings. The summed E-state index contributed by atoms with van der Waals surface area (Å²) >= 11 is 6.07. The minimum Gasteiger partial charge on any atom is -0.391 e. The van der Waals surface area contributed by atoms with Crippen molar-refractivity contribution in [3.05, 3.63) is 52.6 Å². The van der Waals surface area contributed by atoms with Gasteiger partial charge in [0.1, 0.15) is 11.0 Å². The minimum atomic E-state index is -0.867. The Balaban J connectivity index is 1.59. The summed E-state index contributed by atoms with van der Waals surface area (Å²) in [6.45, 7) is 0. The molecule has 0 spiro atoms. The number of aromatic nitrogens is 3. The Labute approximate surface area is 158 Å². The quantitative estimate of drug-likeness (QED) is 0.679. The number of hydrogen-bond donors (Lipinski definition) is 1. The molecule has 2 aromatic heterocycles. The first-order valence-electron chi connectivity index (χ1n) is 8.27. The second-order valence-corrected chi connectivity index (χ2v) is 6.62. The summed E-state index contributed by atoms with van der Waals surface area (Å²) in [5, 5.41) is 15.7. The van der Waals surface area contributed by atoms with Crippen molar-refractivity contribution >= 4 is 29.0 Å². The van der Waals surface area contributed by atoms with Crippen LogP contribution < -0.4 is 10.1 Å². The van der Waals surface area contributed by atoms with Crippen LogP contribution in [0.5, 0.6) is 5.88 Å². The van der Waals surface area contributed by atoms with Crippen LogP contribution in [0.1, 0.15) is 36.3 Å². The van der Waals surface area contributed by atoms with Gasteiger partial charge in [-0.05, 0) is 37.0 Å². The molecule has 0 unspecified atom stereocenters. The predicted octanol–water partition coefficient (Wildman–Crippen LogP) is 4.27. The van der Waals surface area contributed by atoms with Crippen molar-refractivity contribution in [1.82, 2.24) is 14.6 Å². The fourth-order valence-corrected chi connectivity index (χ4v) is 3.14. The molecule has 7 nitrogen and oxygen atoms in total. The van der Waals surface area contributed by atoms with Gasteiger partial charge in [-0.15, -0.1) is 0 Å². The maximum atomic E-state index is 13.5. The Kier molecular flexibility index (Phi) is 4.38. The molecule has 0 saturated heterocycles. The number of carbonyl (C=O) groups excluding carboxylic acids is 1. The number of amides is 1. The van der Waals surface area contributed by atoms with Crippen LogP contribution in [0.15, 0.2) is 30.5 Å². The third kappa shape index (κ3) is 3.41. The Morgan fingerprint density at radius 1 is 1.37 bits per heavy atom. The van der Waals surface area contributed by atoms with Crippen molar-refractivity contribution in [2.45, 2.75) is 25.2 Å². The van der Waals surface area contributed by atoms with Gasteiger partial charge in [0.2, 0.25) is 5.88 Å². The van der Waals surface area contributed by atoms with E-state index >= 15 is 0 Å². The number of halogens is 2. The lowest BCUT2D eigenvalue weighted by atomic mass is 9.81. The van der Waals surface area contributed by atoms with Gasteiger partial charge < -0.3 is 4.74 Å². The van der Waals surface area contributed by atoms with Crippen molar-refractivity contribution in [3.63, 3.8) is 0 Å². The first kappa shape index (κ1) is 17.2. The maximum absolute atomic E-state index is 13.5. The van der Waals surface area contributed by atoms with Crippen molar-refractivity contribution in [1.29, 1.82) is 5.26 Å². The van der Waals surface area contributed by atoms with Gasteiger partial charge in [-0.3, -0.25) is 5.32 Å². The third-order valence-electron chi connectivity index (χ3n) is 4.45. The van der Waals surface area contributed by atoms with Crippen LogP contribution in [0.3, 0.4) is 0 Å². The van der Waals surface area contributed by atoms with Gasteiger partial charge in [0.05, 0.1) is 17.8 Å². The lowest BCUT2D eigenvalue weighted by Gasteiger charge is -2.24. The van der Waals surface area contributed by atoms with Gasteiger partial charge in [-0.1, -0.05) is 18.0 Å². The molecule has 2 heterocycles. The Morgan fingerprint density at radius 2 is 2.19 bits per heavy atom. The summed E-state index contributed by atoms with van der Waals surface area (Å²) in [6.07, 6.45) is 4.12. The van der Waals surface area contributed by atoms with Gasteiger partial charge in [0, 0.05) is 17.3 Å². The molecule has 1 aliphatic rings. The highest BCUT2D eigenvalue weighted by molar-refractivity contribution is 6.29. The number of fused-ring (bicyclic) bond motifs is 1. The van der Waals surface area contributed by atoms with E-state index in [2.05, 4.69) is 15.4 Å². The van der Waals surface area contributed by atoms with E-state index in [0.717, 1.165) is 37.0 Å². The van der Waals surface area contributed by atoms with E-state index in [1.165, 1.54) is 16.6 Å². The van der Waals surface area contributed by atoms with E-state index in [-0.39, 0.29) is 22.3 Å². The molecule has 0 atom stereocenters. The zero-order chi connectivity index (χ0) is 19.0. The number of carbonyl (C=O) groups is 1. The van der Waals surface area contributed by atoms with Crippen molar-refractivity contribution in [2.24, 2.45) is 0 Å². The Bertz CT molecular complexity index is 1090. The Hall–Kier alpha value is -3.18. The number of hydrogen-bond acceptors (Lipinski definition) is 5. The molecule has 3 aromatic rings. The molecule has 0 aliphatic heterocycles. The minimum absolute atomic E-state index is 0.0804. The molecular weight excluding hydrogens is 373 g/mol. The van der Waals surface area contributed by atoms with Gasteiger partial charge in [-0.2, -0.15) is 14.9 Å². The molecule has 1 aromatic carbocycles.